The summed E-state index contributed by atoms with van der Waals surface area (Å²) in [5.74, 6) is 0.178. The number of nitrogens with one attached hydrogen (secondary N) is 1. The molecule has 1 amide bonds. The fourth-order valence-corrected chi connectivity index (χ4v) is 2.20. The first-order valence-electron chi connectivity index (χ1n) is 5.45. The lowest BCUT2D eigenvalue weighted by Gasteiger charge is -2.16. The smallest absolute Gasteiger partial charge is 0.220 e. The highest BCUT2D eigenvalue weighted by molar-refractivity contribution is 5.78. The van der Waals surface area contributed by atoms with Gasteiger partial charge in [0.15, 0.2) is 0 Å². The summed E-state index contributed by atoms with van der Waals surface area (Å²) in [6, 6.07) is 4.52. The monoisotopic (exact) mass is 203 g/mol. The van der Waals surface area contributed by atoms with Crippen LogP contribution in [0.3, 0.4) is 0 Å². The van der Waals surface area contributed by atoms with Crippen LogP contribution in [0.25, 0.3) is 0 Å². The number of amides is 1. The van der Waals surface area contributed by atoms with Crippen LogP contribution in [-0.4, -0.2) is 5.91 Å². The van der Waals surface area contributed by atoms with Gasteiger partial charge >= 0.3 is 0 Å². The van der Waals surface area contributed by atoms with Gasteiger partial charge in [0.05, 0.1) is 6.04 Å². The van der Waals surface area contributed by atoms with Crippen molar-refractivity contribution in [2.75, 3.05) is 0 Å². The summed E-state index contributed by atoms with van der Waals surface area (Å²) >= 11 is 0. The Kier molecular flexibility index (Phi) is 2.51. The minimum Gasteiger partial charge on any atom is -0.349 e. The molecule has 2 nitrogen and oxygen atoms in total. The molecule has 2 rings (SSSR count). The van der Waals surface area contributed by atoms with Crippen molar-refractivity contribution < 1.29 is 4.79 Å². The Morgan fingerprint density at radius 1 is 1.20 bits per heavy atom. The van der Waals surface area contributed by atoms with Crippen LogP contribution in [-0.2, 0) is 4.79 Å². The highest BCUT2D eigenvalue weighted by atomic mass is 16.1. The molecule has 1 unspecified atom stereocenters. The van der Waals surface area contributed by atoms with Crippen molar-refractivity contribution in [3.05, 3.63) is 34.4 Å². The summed E-state index contributed by atoms with van der Waals surface area (Å²) in [7, 11) is 0. The third-order valence-electron chi connectivity index (χ3n) is 3.47. The summed E-state index contributed by atoms with van der Waals surface area (Å²) in [6.45, 7) is 6.41. The number of aryl methyl sites for hydroxylation is 1. The molecular weight excluding hydrogens is 186 g/mol. The minimum absolute atomic E-state index is 0.178. The quantitative estimate of drug-likeness (QED) is 0.746. The minimum atomic E-state index is 0.178. The maximum atomic E-state index is 11.2. The molecule has 80 valence electrons. The topological polar surface area (TPSA) is 29.1 Å². The zero-order valence-electron chi connectivity index (χ0n) is 9.55. The predicted molar refractivity (Wildman–Crippen MR) is 60.8 cm³/mol. The summed E-state index contributed by atoms with van der Waals surface area (Å²) in [6.07, 6.45) is 1.60. The van der Waals surface area contributed by atoms with E-state index in [0.717, 1.165) is 6.42 Å². The summed E-state index contributed by atoms with van der Waals surface area (Å²) in [5.41, 5.74) is 5.26. The van der Waals surface area contributed by atoms with Crippen molar-refractivity contribution in [1.29, 1.82) is 0 Å². The predicted octanol–water partition coefficient (Wildman–Crippen LogP) is 2.56. The molecule has 0 saturated carbocycles. The number of hydrogen-bond donors (Lipinski definition) is 1. The molecule has 0 bridgehead atoms. The van der Waals surface area contributed by atoms with Gasteiger partial charge in [0.25, 0.3) is 0 Å². The van der Waals surface area contributed by atoms with Gasteiger partial charge in [0.1, 0.15) is 0 Å². The van der Waals surface area contributed by atoms with Crippen LogP contribution in [0.15, 0.2) is 12.1 Å². The lowest BCUT2D eigenvalue weighted by Crippen LogP contribution is -2.19. The van der Waals surface area contributed by atoms with Crippen LogP contribution in [0, 0.1) is 20.8 Å². The van der Waals surface area contributed by atoms with Gasteiger partial charge in [-0.2, -0.15) is 0 Å². The first kappa shape index (κ1) is 10.2. The van der Waals surface area contributed by atoms with Gasteiger partial charge in [0.2, 0.25) is 5.91 Å². The molecule has 1 heterocycles. The van der Waals surface area contributed by atoms with Gasteiger partial charge in [-0.05, 0) is 49.4 Å². The first-order chi connectivity index (χ1) is 7.09. The summed E-state index contributed by atoms with van der Waals surface area (Å²) < 4.78 is 0. The fourth-order valence-electron chi connectivity index (χ4n) is 2.20. The van der Waals surface area contributed by atoms with Crippen LogP contribution in [0.1, 0.15) is 41.1 Å². The molecule has 0 aromatic heterocycles. The molecule has 1 saturated heterocycles. The average Bonchev–Trinajstić information content (AvgIpc) is 2.61. The van der Waals surface area contributed by atoms with E-state index in [1.807, 2.05) is 0 Å². The standard InChI is InChI=1S/C13H17NO/c1-8-4-5-11(10(3)9(8)2)12-6-7-13(15)14-12/h4-5,12H,6-7H2,1-3H3,(H,14,15). The van der Waals surface area contributed by atoms with E-state index < -0.39 is 0 Å². The molecule has 1 aromatic carbocycles. The van der Waals surface area contributed by atoms with Crippen LogP contribution < -0.4 is 5.32 Å². The van der Waals surface area contributed by atoms with E-state index in [1.54, 1.807) is 0 Å². The number of benzene rings is 1. The summed E-state index contributed by atoms with van der Waals surface area (Å²) in [4.78, 5) is 11.2. The largest absolute Gasteiger partial charge is 0.349 e. The second kappa shape index (κ2) is 3.69. The maximum absolute atomic E-state index is 11.2. The SMILES string of the molecule is Cc1ccc(C2CCC(=O)N2)c(C)c1C. The van der Waals surface area contributed by atoms with Crippen LogP contribution in [0.5, 0.6) is 0 Å². The second-order valence-electron chi connectivity index (χ2n) is 4.38. The Balaban J connectivity index is 2.37. The first-order valence-corrected chi connectivity index (χ1v) is 5.45. The van der Waals surface area contributed by atoms with Crippen molar-refractivity contribution in [2.45, 2.75) is 39.7 Å². The number of rotatable bonds is 1. The van der Waals surface area contributed by atoms with Gasteiger partial charge in [-0.25, -0.2) is 0 Å². The Morgan fingerprint density at radius 3 is 2.53 bits per heavy atom. The number of carbonyl (C=O) groups is 1. The van der Waals surface area contributed by atoms with Gasteiger partial charge in [0, 0.05) is 6.42 Å². The van der Waals surface area contributed by atoms with Crippen LogP contribution in [0.2, 0.25) is 0 Å². The Labute approximate surface area is 90.7 Å². The van der Waals surface area contributed by atoms with E-state index in [9.17, 15) is 4.79 Å². The summed E-state index contributed by atoms with van der Waals surface area (Å²) in [5, 5.41) is 3.02. The van der Waals surface area contributed by atoms with E-state index in [4.69, 9.17) is 0 Å². The third-order valence-corrected chi connectivity index (χ3v) is 3.47. The van der Waals surface area contributed by atoms with Crippen LogP contribution in [0.4, 0.5) is 0 Å². The normalized spacial score (nSPS) is 20.5. The van der Waals surface area contributed by atoms with E-state index in [-0.39, 0.29) is 11.9 Å². The van der Waals surface area contributed by atoms with Crippen molar-refractivity contribution in [2.24, 2.45) is 0 Å². The molecule has 15 heavy (non-hydrogen) atoms. The number of hydrogen-bond acceptors (Lipinski definition) is 1. The maximum Gasteiger partial charge on any atom is 0.220 e. The highest BCUT2D eigenvalue weighted by Gasteiger charge is 2.23. The fraction of sp³-hybridized carbons (Fsp3) is 0.462. The van der Waals surface area contributed by atoms with E-state index in [0.29, 0.717) is 6.42 Å². The van der Waals surface area contributed by atoms with Gasteiger partial charge < -0.3 is 5.32 Å². The molecule has 1 fully saturated rings. The van der Waals surface area contributed by atoms with E-state index in [1.165, 1.54) is 22.3 Å². The van der Waals surface area contributed by atoms with Gasteiger partial charge in [-0.1, -0.05) is 12.1 Å². The Bertz CT molecular complexity index is 409. The van der Waals surface area contributed by atoms with Crippen molar-refractivity contribution in [3.8, 4) is 0 Å². The molecule has 1 aromatic rings. The zero-order chi connectivity index (χ0) is 11.0. The molecule has 0 aliphatic carbocycles. The average molecular weight is 203 g/mol. The lowest BCUT2D eigenvalue weighted by molar-refractivity contribution is -0.119. The zero-order valence-corrected chi connectivity index (χ0v) is 9.55. The van der Waals surface area contributed by atoms with Gasteiger partial charge in [-0.3, -0.25) is 4.79 Å². The van der Waals surface area contributed by atoms with Crippen molar-refractivity contribution in [3.63, 3.8) is 0 Å². The Hall–Kier alpha value is -1.31. The van der Waals surface area contributed by atoms with Gasteiger partial charge in [-0.15, -0.1) is 0 Å². The van der Waals surface area contributed by atoms with E-state index >= 15 is 0 Å². The molecule has 0 radical (unpaired) electrons. The molecule has 1 aliphatic rings. The molecule has 1 atom stereocenters. The number of carbonyl (C=O) groups excluding carboxylic acids is 1. The molecular formula is C13H17NO. The highest BCUT2D eigenvalue weighted by Crippen LogP contribution is 2.28. The lowest BCUT2D eigenvalue weighted by atomic mass is 9.94. The molecule has 1 N–H and O–H groups in total. The van der Waals surface area contributed by atoms with E-state index in [2.05, 4.69) is 38.2 Å². The van der Waals surface area contributed by atoms with Crippen molar-refractivity contribution >= 4 is 5.91 Å². The molecule has 2 heteroatoms. The van der Waals surface area contributed by atoms with Crippen LogP contribution >= 0.6 is 0 Å². The molecule has 1 aliphatic heterocycles. The van der Waals surface area contributed by atoms with Crippen molar-refractivity contribution in [1.82, 2.24) is 5.32 Å². The third kappa shape index (κ3) is 1.76. The second-order valence-corrected chi connectivity index (χ2v) is 4.38. The molecule has 0 spiro atoms. The Morgan fingerprint density at radius 2 is 1.93 bits per heavy atom.